The Bertz CT molecular complexity index is 1440. The molecule has 0 saturated heterocycles. The number of sulfonamides is 1. The number of anilines is 1. The first kappa shape index (κ1) is 30.5. The quantitative estimate of drug-likeness (QED) is 0.340. The van der Waals surface area contributed by atoms with E-state index >= 15 is 0 Å². The fraction of sp³-hybridized carbons (Fsp3) is 0.310. The second-order valence-corrected chi connectivity index (χ2v) is 13.0. The maximum absolute atomic E-state index is 14.0. The molecule has 0 spiro atoms. The van der Waals surface area contributed by atoms with Gasteiger partial charge in [-0.2, -0.15) is 0 Å². The van der Waals surface area contributed by atoms with E-state index in [4.69, 9.17) is 23.2 Å². The van der Waals surface area contributed by atoms with E-state index < -0.39 is 34.1 Å². The maximum atomic E-state index is 14.0. The van der Waals surface area contributed by atoms with Crippen LogP contribution in [0.25, 0.3) is 0 Å². The fourth-order valence-electron chi connectivity index (χ4n) is 3.99. The maximum Gasteiger partial charge on any atom is 0.264 e. The van der Waals surface area contributed by atoms with Crippen molar-refractivity contribution in [1.29, 1.82) is 0 Å². The summed E-state index contributed by atoms with van der Waals surface area (Å²) in [5.74, 6) is -0.931. The molecule has 0 bridgehead atoms. The Morgan fingerprint density at radius 3 is 2.21 bits per heavy atom. The molecule has 0 aliphatic heterocycles. The van der Waals surface area contributed by atoms with Crippen LogP contribution >= 0.6 is 23.2 Å². The molecule has 0 aliphatic rings. The zero-order chi connectivity index (χ0) is 29.0. The molecular weight excluding hydrogens is 557 g/mol. The highest BCUT2D eigenvalue weighted by Gasteiger charge is 2.34. The zero-order valence-electron chi connectivity index (χ0n) is 22.6. The summed E-state index contributed by atoms with van der Waals surface area (Å²) in [6.45, 7) is 8.34. The fourth-order valence-corrected chi connectivity index (χ4v) is 5.86. The van der Waals surface area contributed by atoms with Crippen molar-refractivity contribution in [2.24, 2.45) is 0 Å². The number of benzene rings is 3. The summed E-state index contributed by atoms with van der Waals surface area (Å²) >= 11 is 12.5. The van der Waals surface area contributed by atoms with Crippen LogP contribution in [0, 0.1) is 6.92 Å². The van der Waals surface area contributed by atoms with Crippen molar-refractivity contribution in [3.63, 3.8) is 0 Å². The van der Waals surface area contributed by atoms with E-state index in [9.17, 15) is 18.0 Å². The summed E-state index contributed by atoms with van der Waals surface area (Å²) in [4.78, 5) is 28.5. The van der Waals surface area contributed by atoms with Gasteiger partial charge < -0.3 is 10.2 Å². The van der Waals surface area contributed by atoms with Crippen molar-refractivity contribution in [2.45, 2.75) is 57.6 Å². The summed E-state index contributed by atoms with van der Waals surface area (Å²) in [6.07, 6.45) is 0. The Morgan fingerprint density at radius 2 is 1.59 bits per heavy atom. The van der Waals surface area contributed by atoms with E-state index in [1.165, 1.54) is 17.0 Å². The lowest BCUT2D eigenvalue weighted by Gasteiger charge is -2.34. The molecule has 1 atom stereocenters. The van der Waals surface area contributed by atoms with Crippen LogP contribution in [-0.4, -0.2) is 43.3 Å². The standard InChI is InChI=1S/C29H33Cl2N3O4S/c1-20-25(31)15-10-16-26(20)34(39(37,38)24-13-7-6-8-14-24)19-27(35)33(18-22-11-9-12-23(30)17-22)21(2)28(36)32-29(3,4)5/h6-17,21H,18-19H2,1-5H3,(H,32,36)/t21-/m0/s1. The van der Waals surface area contributed by atoms with E-state index in [0.717, 1.165) is 4.31 Å². The first-order chi connectivity index (χ1) is 18.2. The SMILES string of the molecule is Cc1c(Cl)cccc1N(CC(=O)N(Cc1cccc(Cl)c1)[C@@H](C)C(=O)NC(C)(C)C)S(=O)(=O)c1ccccc1. The summed E-state index contributed by atoms with van der Waals surface area (Å²) in [5.41, 5.74) is 0.944. The van der Waals surface area contributed by atoms with Crippen LogP contribution in [0.15, 0.2) is 77.7 Å². The molecule has 0 aliphatic carbocycles. The number of nitrogens with zero attached hydrogens (tertiary/aromatic N) is 2. The minimum absolute atomic E-state index is 0.0251. The molecular formula is C29H33Cl2N3O4S. The number of carbonyl (C=O) groups excluding carboxylic acids is 2. The second-order valence-electron chi connectivity index (χ2n) is 10.3. The molecule has 3 rings (SSSR count). The number of amides is 2. The smallest absolute Gasteiger partial charge is 0.264 e. The number of nitrogens with one attached hydrogen (secondary N) is 1. The highest BCUT2D eigenvalue weighted by molar-refractivity contribution is 7.92. The summed E-state index contributed by atoms with van der Waals surface area (Å²) in [7, 11) is -4.17. The van der Waals surface area contributed by atoms with Crippen molar-refractivity contribution in [2.75, 3.05) is 10.8 Å². The van der Waals surface area contributed by atoms with Crippen LogP contribution < -0.4 is 9.62 Å². The lowest BCUT2D eigenvalue weighted by Crippen LogP contribution is -2.54. The number of carbonyl (C=O) groups is 2. The van der Waals surface area contributed by atoms with E-state index in [1.807, 2.05) is 20.8 Å². The van der Waals surface area contributed by atoms with Gasteiger partial charge in [-0.1, -0.05) is 59.6 Å². The van der Waals surface area contributed by atoms with Gasteiger partial charge in [-0.05, 0) is 82.1 Å². The zero-order valence-corrected chi connectivity index (χ0v) is 24.9. The molecule has 1 N–H and O–H groups in total. The highest BCUT2D eigenvalue weighted by Crippen LogP contribution is 2.31. The summed E-state index contributed by atoms with van der Waals surface area (Å²) in [6, 6.07) is 18.8. The highest BCUT2D eigenvalue weighted by atomic mass is 35.5. The molecule has 0 unspecified atom stereocenters. The van der Waals surface area contributed by atoms with E-state index in [0.29, 0.717) is 21.2 Å². The molecule has 0 saturated carbocycles. The third kappa shape index (κ3) is 7.75. The number of rotatable bonds is 9. The summed E-state index contributed by atoms with van der Waals surface area (Å²) < 4.78 is 28.8. The minimum Gasteiger partial charge on any atom is -0.350 e. The predicted molar refractivity (Wildman–Crippen MR) is 157 cm³/mol. The molecule has 0 radical (unpaired) electrons. The van der Waals surface area contributed by atoms with Gasteiger partial charge in [-0.15, -0.1) is 0 Å². The molecule has 0 heterocycles. The van der Waals surface area contributed by atoms with Crippen LogP contribution in [0.3, 0.4) is 0 Å². The molecule has 3 aromatic carbocycles. The molecule has 2 amide bonds. The first-order valence-corrected chi connectivity index (χ1v) is 14.6. The predicted octanol–water partition coefficient (Wildman–Crippen LogP) is 5.83. The molecule has 0 aromatic heterocycles. The van der Waals surface area contributed by atoms with E-state index in [1.54, 1.807) is 74.5 Å². The van der Waals surface area contributed by atoms with Gasteiger partial charge in [-0.3, -0.25) is 13.9 Å². The van der Waals surface area contributed by atoms with Crippen molar-refractivity contribution >= 4 is 50.7 Å². The van der Waals surface area contributed by atoms with Crippen molar-refractivity contribution in [1.82, 2.24) is 10.2 Å². The number of hydrogen-bond acceptors (Lipinski definition) is 4. The van der Waals surface area contributed by atoms with Crippen LogP contribution in [0.5, 0.6) is 0 Å². The average molecular weight is 591 g/mol. The van der Waals surface area contributed by atoms with Crippen LogP contribution in [0.4, 0.5) is 5.69 Å². The normalized spacial score (nSPS) is 12.5. The van der Waals surface area contributed by atoms with Crippen molar-refractivity contribution in [3.05, 3.63) is 94.0 Å². The Morgan fingerprint density at radius 1 is 0.949 bits per heavy atom. The monoisotopic (exact) mass is 589 g/mol. The lowest BCUT2D eigenvalue weighted by atomic mass is 10.1. The minimum atomic E-state index is -4.17. The second kappa shape index (κ2) is 12.4. The third-order valence-electron chi connectivity index (χ3n) is 6.03. The molecule has 3 aromatic rings. The largest absolute Gasteiger partial charge is 0.350 e. The third-order valence-corrected chi connectivity index (χ3v) is 8.44. The number of hydrogen-bond donors (Lipinski definition) is 1. The average Bonchev–Trinajstić information content (AvgIpc) is 2.86. The topological polar surface area (TPSA) is 86.8 Å². The van der Waals surface area contributed by atoms with Gasteiger partial charge in [0.25, 0.3) is 10.0 Å². The lowest BCUT2D eigenvalue weighted by molar-refractivity contribution is -0.140. The molecule has 10 heteroatoms. The van der Waals surface area contributed by atoms with Crippen molar-refractivity contribution < 1.29 is 18.0 Å². The van der Waals surface area contributed by atoms with Gasteiger partial charge in [-0.25, -0.2) is 8.42 Å². The first-order valence-electron chi connectivity index (χ1n) is 12.4. The Labute approximate surface area is 240 Å². The van der Waals surface area contributed by atoms with Crippen LogP contribution in [0.2, 0.25) is 10.0 Å². The molecule has 39 heavy (non-hydrogen) atoms. The summed E-state index contributed by atoms with van der Waals surface area (Å²) in [5, 5.41) is 3.74. The molecule has 0 fully saturated rings. The van der Waals surface area contributed by atoms with Gasteiger partial charge in [0.15, 0.2) is 0 Å². The van der Waals surface area contributed by atoms with Gasteiger partial charge in [0, 0.05) is 22.1 Å². The van der Waals surface area contributed by atoms with Gasteiger partial charge in [0.1, 0.15) is 12.6 Å². The van der Waals surface area contributed by atoms with E-state index in [-0.39, 0.29) is 23.0 Å². The molecule has 7 nitrogen and oxygen atoms in total. The van der Waals surface area contributed by atoms with E-state index in [2.05, 4.69) is 5.32 Å². The van der Waals surface area contributed by atoms with Crippen molar-refractivity contribution in [3.8, 4) is 0 Å². The van der Waals surface area contributed by atoms with Gasteiger partial charge in [0.05, 0.1) is 10.6 Å². The van der Waals surface area contributed by atoms with Crippen LogP contribution in [-0.2, 0) is 26.2 Å². The van der Waals surface area contributed by atoms with Gasteiger partial charge in [0.2, 0.25) is 11.8 Å². The Kier molecular flexibility index (Phi) is 9.69. The Hall–Kier alpha value is -3.07. The van der Waals surface area contributed by atoms with Gasteiger partial charge >= 0.3 is 0 Å². The molecule has 208 valence electrons. The van der Waals surface area contributed by atoms with Crippen LogP contribution in [0.1, 0.15) is 38.8 Å². The Balaban J connectivity index is 2.07. The number of halogens is 2.